The lowest BCUT2D eigenvalue weighted by atomic mass is 9.93. The number of benzene rings is 3. The number of phenols is 1. The molecule has 1 aliphatic rings. The SMILES string of the molecule is O=C1C(=O)N(c2ccccc2O)C(c2ccncc2)/C1=C(/O)c1cccc2ccccc12. The first-order valence-corrected chi connectivity index (χ1v) is 10.0. The van der Waals surface area contributed by atoms with Gasteiger partial charge < -0.3 is 10.2 Å². The van der Waals surface area contributed by atoms with Crippen molar-refractivity contribution in [2.45, 2.75) is 6.04 Å². The molecule has 3 aromatic carbocycles. The fourth-order valence-corrected chi connectivity index (χ4v) is 4.19. The molecule has 0 radical (unpaired) electrons. The number of nitrogens with zero attached hydrogens (tertiary/aromatic N) is 2. The lowest BCUT2D eigenvalue weighted by molar-refractivity contribution is -0.132. The predicted molar refractivity (Wildman–Crippen MR) is 121 cm³/mol. The molecule has 6 heteroatoms. The molecule has 1 atom stereocenters. The second-order valence-electron chi connectivity index (χ2n) is 7.47. The van der Waals surface area contributed by atoms with E-state index < -0.39 is 17.7 Å². The van der Waals surface area contributed by atoms with Crippen LogP contribution >= 0.6 is 0 Å². The topological polar surface area (TPSA) is 90.7 Å². The maximum atomic E-state index is 13.2. The van der Waals surface area contributed by atoms with E-state index in [1.807, 2.05) is 30.3 Å². The average Bonchev–Trinajstić information content (AvgIpc) is 3.09. The van der Waals surface area contributed by atoms with Crippen LogP contribution in [-0.4, -0.2) is 26.9 Å². The number of fused-ring (bicyclic) bond motifs is 1. The number of pyridine rings is 1. The van der Waals surface area contributed by atoms with Gasteiger partial charge in [0.25, 0.3) is 11.7 Å². The number of anilines is 1. The van der Waals surface area contributed by atoms with Crippen LogP contribution in [0.15, 0.2) is 96.8 Å². The largest absolute Gasteiger partial charge is 0.507 e. The summed E-state index contributed by atoms with van der Waals surface area (Å²) in [6, 6.07) is 21.7. The highest BCUT2D eigenvalue weighted by molar-refractivity contribution is 6.52. The number of hydrogen-bond acceptors (Lipinski definition) is 5. The van der Waals surface area contributed by atoms with Crippen LogP contribution in [0.4, 0.5) is 5.69 Å². The first-order chi connectivity index (χ1) is 15.6. The van der Waals surface area contributed by atoms with Gasteiger partial charge in [0.05, 0.1) is 17.3 Å². The third kappa shape index (κ3) is 3.01. The van der Waals surface area contributed by atoms with Gasteiger partial charge in [-0.05, 0) is 40.6 Å². The van der Waals surface area contributed by atoms with Crippen molar-refractivity contribution in [2.75, 3.05) is 4.90 Å². The van der Waals surface area contributed by atoms with E-state index in [2.05, 4.69) is 4.98 Å². The first-order valence-electron chi connectivity index (χ1n) is 10.0. The van der Waals surface area contributed by atoms with Gasteiger partial charge in [0.15, 0.2) is 0 Å². The van der Waals surface area contributed by atoms with E-state index in [-0.39, 0.29) is 22.8 Å². The minimum absolute atomic E-state index is 0.0409. The van der Waals surface area contributed by atoms with Crippen LogP contribution in [-0.2, 0) is 9.59 Å². The highest BCUT2D eigenvalue weighted by atomic mass is 16.3. The Bertz CT molecular complexity index is 1390. The summed E-state index contributed by atoms with van der Waals surface area (Å²) in [7, 11) is 0. The Morgan fingerprint density at radius 3 is 2.31 bits per heavy atom. The Kier molecular flexibility index (Phi) is 4.67. The summed E-state index contributed by atoms with van der Waals surface area (Å²) in [5, 5.41) is 23.5. The third-order valence-corrected chi connectivity index (χ3v) is 5.65. The number of aliphatic hydroxyl groups is 1. The summed E-state index contributed by atoms with van der Waals surface area (Å²) in [4.78, 5) is 31.6. The molecule has 1 aromatic heterocycles. The van der Waals surface area contributed by atoms with Crippen molar-refractivity contribution in [3.63, 3.8) is 0 Å². The maximum Gasteiger partial charge on any atom is 0.300 e. The molecule has 2 N–H and O–H groups in total. The number of rotatable bonds is 3. The third-order valence-electron chi connectivity index (χ3n) is 5.65. The first kappa shape index (κ1) is 19.5. The van der Waals surface area contributed by atoms with Gasteiger partial charge in [-0.15, -0.1) is 0 Å². The van der Waals surface area contributed by atoms with Crippen LogP contribution < -0.4 is 4.90 Å². The minimum Gasteiger partial charge on any atom is -0.507 e. The quantitative estimate of drug-likeness (QED) is 0.287. The van der Waals surface area contributed by atoms with Crippen LogP contribution in [0.5, 0.6) is 5.75 Å². The highest BCUT2D eigenvalue weighted by Crippen LogP contribution is 2.44. The molecule has 0 spiro atoms. The fraction of sp³-hybridized carbons (Fsp3) is 0.0385. The monoisotopic (exact) mass is 422 g/mol. The van der Waals surface area contributed by atoms with E-state index in [0.29, 0.717) is 11.1 Å². The number of carbonyl (C=O) groups is 2. The number of Topliss-reactive ketones (excluding diaryl/α,β-unsaturated/α-hetero) is 1. The highest BCUT2D eigenvalue weighted by Gasteiger charge is 2.47. The van der Waals surface area contributed by atoms with Crippen LogP contribution in [0.2, 0.25) is 0 Å². The molecule has 0 aliphatic carbocycles. The van der Waals surface area contributed by atoms with Crippen molar-refractivity contribution in [3.8, 4) is 5.75 Å². The summed E-state index contributed by atoms with van der Waals surface area (Å²) < 4.78 is 0. The summed E-state index contributed by atoms with van der Waals surface area (Å²) in [6.07, 6.45) is 3.11. The molecular formula is C26H18N2O4. The average molecular weight is 422 g/mol. The number of aromatic nitrogens is 1. The van der Waals surface area contributed by atoms with E-state index in [1.54, 1.807) is 54.9 Å². The number of carbonyl (C=O) groups excluding carboxylic acids is 2. The molecule has 1 aliphatic heterocycles. The molecule has 1 amide bonds. The van der Waals surface area contributed by atoms with Gasteiger partial charge in [0, 0.05) is 18.0 Å². The Morgan fingerprint density at radius 1 is 0.844 bits per heavy atom. The van der Waals surface area contributed by atoms with E-state index in [0.717, 1.165) is 10.8 Å². The second kappa shape index (κ2) is 7.67. The summed E-state index contributed by atoms with van der Waals surface area (Å²) in [6.45, 7) is 0. The van der Waals surface area contributed by atoms with E-state index in [1.165, 1.54) is 11.0 Å². The number of aromatic hydroxyl groups is 1. The van der Waals surface area contributed by atoms with Crippen molar-refractivity contribution in [1.29, 1.82) is 0 Å². The smallest absolute Gasteiger partial charge is 0.300 e. The number of hydrogen-bond donors (Lipinski definition) is 2. The Labute approximate surface area is 183 Å². The molecule has 1 unspecified atom stereocenters. The molecule has 1 saturated heterocycles. The summed E-state index contributed by atoms with van der Waals surface area (Å²) in [5.74, 6) is -2.05. The van der Waals surface area contributed by atoms with Gasteiger partial charge in [0.2, 0.25) is 0 Å². The Balaban J connectivity index is 1.79. The van der Waals surface area contributed by atoms with Crippen LogP contribution in [0.25, 0.3) is 16.5 Å². The second-order valence-corrected chi connectivity index (χ2v) is 7.47. The Hall–Kier alpha value is -4.45. The van der Waals surface area contributed by atoms with Gasteiger partial charge in [-0.2, -0.15) is 0 Å². The molecular weight excluding hydrogens is 404 g/mol. The molecule has 32 heavy (non-hydrogen) atoms. The maximum absolute atomic E-state index is 13.2. The number of amides is 1. The zero-order valence-electron chi connectivity index (χ0n) is 16.8. The molecule has 1 fully saturated rings. The zero-order valence-corrected chi connectivity index (χ0v) is 16.8. The van der Waals surface area contributed by atoms with Crippen LogP contribution in [0.3, 0.4) is 0 Å². The number of ketones is 1. The fourth-order valence-electron chi connectivity index (χ4n) is 4.19. The van der Waals surface area contributed by atoms with Crippen molar-refractivity contribution in [1.82, 2.24) is 4.98 Å². The normalized spacial score (nSPS) is 17.8. The lowest BCUT2D eigenvalue weighted by Gasteiger charge is -2.26. The molecule has 5 rings (SSSR count). The number of phenolic OH excluding ortho intramolecular Hbond substituents is 1. The molecule has 4 aromatic rings. The molecule has 2 heterocycles. The van der Waals surface area contributed by atoms with E-state index >= 15 is 0 Å². The summed E-state index contributed by atoms with van der Waals surface area (Å²) in [5.41, 5.74) is 1.19. The summed E-state index contributed by atoms with van der Waals surface area (Å²) >= 11 is 0. The lowest BCUT2D eigenvalue weighted by Crippen LogP contribution is -2.29. The van der Waals surface area contributed by atoms with Crippen molar-refractivity contribution in [3.05, 3.63) is 108 Å². The predicted octanol–water partition coefficient (Wildman–Crippen LogP) is 4.57. The van der Waals surface area contributed by atoms with Gasteiger partial charge >= 0.3 is 0 Å². The van der Waals surface area contributed by atoms with Crippen molar-refractivity contribution < 1.29 is 19.8 Å². The van der Waals surface area contributed by atoms with Gasteiger partial charge in [-0.3, -0.25) is 19.5 Å². The standard InChI is InChI=1S/C26H18N2O4/c29-21-11-4-3-10-20(21)28-23(17-12-14-27-15-13-17)22(25(31)26(28)32)24(30)19-9-5-7-16-6-1-2-8-18(16)19/h1-15,23,29-30H/b24-22-. The Morgan fingerprint density at radius 2 is 1.53 bits per heavy atom. The van der Waals surface area contributed by atoms with E-state index in [9.17, 15) is 19.8 Å². The number of aliphatic hydroxyl groups excluding tert-OH is 1. The van der Waals surface area contributed by atoms with E-state index in [4.69, 9.17) is 0 Å². The van der Waals surface area contributed by atoms with Gasteiger partial charge in [-0.1, -0.05) is 54.6 Å². The zero-order chi connectivity index (χ0) is 22.2. The van der Waals surface area contributed by atoms with Crippen molar-refractivity contribution >= 4 is 33.9 Å². The molecule has 156 valence electrons. The van der Waals surface area contributed by atoms with Gasteiger partial charge in [0.1, 0.15) is 11.5 Å². The molecule has 0 saturated carbocycles. The van der Waals surface area contributed by atoms with Crippen LogP contribution in [0.1, 0.15) is 17.2 Å². The number of para-hydroxylation sites is 2. The van der Waals surface area contributed by atoms with Crippen molar-refractivity contribution in [2.24, 2.45) is 0 Å². The molecule has 6 nitrogen and oxygen atoms in total. The minimum atomic E-state index is -0.926. The van der Waals surface area contributed by atoms with Crippen LogP contribution in [0, 0.1) is 0 Å². The molecule has 0 bridgehead atoms. The van der Waals surface area contributed by atoms with Gasteiger partial charge in [-0.25, -0.2) is 0 Å².